The molecule has 1 N–H and O–H groups in total. The number of nitrogens with zero attached hydrogens (tertiary/aromatic N) is 1. The van der Waals surface area contributed by atoms with Crippen molar-refractivity contribution in [3.8, 4) is 6.07 Å². The molecule has 0 rings (SSSR count). The van der Waals surface area contributed by atoms with E-state index in [2.05, 4.69) is 0 Å². The zero-order valence-corrected chi connectivity index (χ0v) is 7.73. The van der Waals surface area contributed by atoms with Gasteiger partial charge in [-0.25, -0.2) is 17.6 Å². The Morgan fingerprint density at radius 2 is 2.20 bits per heavy atom. The summed E-state index contributed by atoms with van der Waals surface area (Å²) in [6, 6.07) is 1.12. The van der Waals surface area contributed by atoms with Gasteiger partial charge < -0.3 is 5.32 Å². The van der Waals surface area contributed by atoms with E-state index in [-0.39, 0.29) is 6.08 Å². The molecule has 0 radical (unpaired) electrons. The molecule has 0 heterocycles. The predicted molar refractivity (Wildman–Crippen MR) is 43.3 cm³/mol. The normalized spacial score (nSPS) is 15.7. The Hall–Kier alpha value is -1.58. The average molecular weight is 224 g/mol. The van der Waals surface area contributed by atoms with E-state index in [9.17, 15) is 22.4 Å². The lowest BCUT2D eigenvalue weighted by molar-refractivity contribution is -0.120. The van der Waals surface area contributed by atoms with E-state index in [1.807, 2.05) is 0 Å². The fourth-order valence-corrected chi connectivity index (χ4v) is 0.822. The van der Waals surface area contributed by atoms with Gasteiger partial charge in [0.1, 0.15) is 18.6 Å². The van der Waals surface area contributed by atoms with Gasteiger partial charge >= 0.3 is 0 Å². The summed E-state index contributed by atoms with van der Waals surface area (Å²) >= 11 is 0. The maximum atomic E-state index is 13.0. The number of hydrogen-bond acceptors (Lipinski definition) is 2. The van der Waals surface area contributed by atoms with Crippen LogP contribution in [0.15, 0.2) is 11.9 Å². The fraction of sp³-hybridized carbons (Fsp3) is 0.500. The molecule has 0 aliphatic carbocycles. The number of carbonyl (C=O) groups is 1. The number of nitriles is 1. The van der Waals surface area contributed by atoms with Crippen molar-refractivity contribution in [3.05, 3.63) is 11.9 Å². The highest BCUT2D eigenvalue weighted by Gasteiger charge is 2.37. The number of hydrogen-bond donors (Lipinski definition) is 1. The van der Waals surface area contributed by atoms with Gasteiger partial charge in [0.15, 0.2) is 0 Å². The standard InChI is InChI=1S/C8H8F4N2O/c1-5(15)14-8(3-9,4-13)6(10)2-7(11)12/h2,7H,3H2,1H3,(H,14,15). The molecule has 0 aromatic heterocycles. The van der Waals surface area contributed by atoms with Crippen LogP contribution in [-0.4, -0.2) is 24.5 Å². The molecule has 0 spiro atoms. The van der Waals surface area contributed by atoms with Crippen molar-refractivity contribution in [3.63, 3.8) is 0 Å². The molecule has 1 amide bonds. The Morgan fingerprint density at radius 1 is 1.67 bits per heavy atom. The molecule has 7 heteroatoms. The predicted octanol–water partition coefficient (Wildman–Crippen LogP) is 1.47. The van der Waals surface area contributed by atoms with Crippen molar-refractivity contribution < 1.29 is 22.4 Å². The highest BCUT2D eigenvalue weighted by molar-refractivity contribution is 5.75. The van der Waals surface area contributed by atoms with Crippen LogP contribution in [-0.2, 0) is 4.79 Å². The van der Waals surface area contributed by atoms with Crippen LogP contribution in [0.2, 0.25) is 0 Å². The summed E-state index contributed by atoms with van der Waals surface area (Å²) in [5.41, 5.74) is -2.65. The third-order valence-corrected chi connectivity index (χ3v) is 1.46. The van der Waals surface area contributed by atoms with E-state index in [4.69, 9.17) is 5.26 Å². The van der Waals surface area contributed by atoms with Gasteiger partial charge in [0.2, 0.25) is 11.4 Å². The van der Waals surface area contributed by atoms with Gasteiger partial charge in [0, 0.05) is 13.0 Å². The quantitative estimate of drug-likeness (QED) is 0.735. The third kappa shape index (κ3) is 3.58. The molecule has 3 nitrogen and oxygen atoms in total. The third-order valence-electron chi connectivity index (χ3n) is 1.46. The van der Waals surface area contributed by atoms with E-state index in [0.29, 0.717) is 0 Å². The van der Waals surface area contributed by atoms with Gasteiger partial charge in [-0.3, -0.25) is 4.79 Å². The highest BCUT2D eigenvalue weighted by Crippen LogP contribution is 2.20. The average Bonchev–Trinajstić information content (AvgIpc) is 2.12. The van der Waals surface area contributed by atoms with E-state index >= 15 is 0 Å². The van der Waals surface area contributed by atoms with Crippen molar-refractivity contribution in [2.75, 3.05) is 6.67 Å². The summed E-state index contributed by atoms with van der Waals surface area (Å²) in [7, 11) is 0. The van der Waals surface area contributed by atoms with Crippen molar-refractivity contribution in [1.82, 2.24) is 5.32 Å². The second kappa shape index (κ2) is 5.34. The maximum Gasteiger partial charge on any atom is 0.259 e. The first-order chi connectivity index (χ1) is 6.88. The second-order valence-electron chi connectivity index (χ2n) is 2.68. The van der Waals surface area contributed by atoms with Crippen molar-refractivity contribution in [2.45, 2.75) is 18.9 Å². The lowest BCUT2D eigenvalue weighted by Gasteiger charge is -2.21. The van der Waals surface area contributed by atoms with Crippen molar-refractivity contribution >= 4 is 5.91 Å². The molecule has 15 heavy (non-hydrogen) atoms. The van der Waals surface area contributed by atoms with Crippen molar-refractivity contribution in [2.24, 2.45) is 0 Å². The number of nitrogens with one attached hydrogen (secondary N) is 1. The summed E-state index contributed by atoms with van der Waals surface area (Å²) in [6.07, 6.45) is -3.39. The molecular weight excluding hydrogens is 216 g/mol. The summed E-state index contributed by atoms with van der Waals surface area (Å²) in [6.45, 7) is -0.713. The molecule has 0 aromatic carbocycles. The highest BCUT2D eigenvalue weighted by atomic mass is 19.3. The monoisotopic (exact) mass is 224 g/mol. The topological polar surface area (TPSA) is 52.9 Å². The lowest BCUT2D eigenvalue weighted by atomic mass is 10.0. The van der Waals surface area contributed by atoms with Gasteiger partial charge in [-0.1, -0.05) is 0 Å². The Kier molecular flexibility index (Phi) is 4.78. The summed E-state index contributed by atoms with van der Waals surface area (Å²) in [5, 5.41) is 10.1. The fourth-order valence-electron chi connectivity index (χ4n) is 0.822. The summed E-state index contributed by atoms with van der Waals surface area (Å²) < 4.78 is 49.0. The van der Waals surface area contributed by atoms with Gasteiger partial charge in [-0.05, 0) is 0 Å². The summed E-state index contributed by atoms with van der Waals surface area (Å²) in [4.78, 5) is 10.6. The summed E-state index contributed by atoms with van der Waals surface area (Å²) in [5.74, 6) is -2.61. The van der Waals surface area contributed by atoms with Gasteiger partial charge in [0.05, 0.1) is 0 Å². The van der Waals surface area contributed by atoms with Crippen LogP contribution in [0.1, 0.15) is 6.92 Å². The van der Waals surface area contributed by atoms with Crippen LogP contribution in [0.25, 0.3) is 0 Å². The molecular formula is C8H8F4N2O. The maximum absolute atomic E-state index is 13.0. The molecule has 1 unspecified atom stereocenters. The Bertz CT molecular complexity index is 310. The number of carbonyl (C=O) groups excluding carboxylic acids is 1. The Balaban J connectivity index is 5.11. The Morgan fingerprint density at radius 3 is 2.47 bits per heavy atom. The van der Waals surface area contributed by atoms with Gasteiger partial charge in [0.25, 0.3) is 6.43 Å². The van der Waals surface area contributed by atoms with E-state index < -0.39 is 30.4 Å². The Labute approximate surface area is 83.4 Å². The number of allylic oxidation sites excluding steroid dienone is 1. The van der Waals surface area contributed by atoms with Crippen LogP contribution in [0.5, 0.6) is 0 Å². The first-order valence-corrected chi connectivity index (χ1v) is 3.80. The van der Waals surface area contributed by atoms with E-state index in [1.165, 1.54) is 0 Å². The number of alkyl halides is 3. The van der Waals surface area contributed by atoms with Crippen LogP contribution >= 0.6 is 0 Å². The lowest BCUT2D eigenvalue weighted by Crippen LogP contribution is -2.49. The first-order valence-electron chi connectivity index (χ1n) is 3.80. The van der Waals surface area contributed by atoms with Crippen molar-refractivity contribution in [1.29, 1.82) is 5.26 Å². The molecule has 0 bridgehead atoms. The van der Waals surface area contributed by atoms with E-state index in [1.54, 1.807) is 5.32 Å². The molecule has 0 saturated carbocycles. The molecule has 0 aliphatic heterocycles. The van der Waals surface area contributed by atoms with Gasteiger partial charge in [-0.15, -0.1) is 0 Å². The minimum atomic E-state index is -3.17. The van der Waals surface area contributed by atoms with Crippen LogP contribution in [0.3, 0.4) is 0 Å². The number of rotatable bonds is 4. The molecule has 0 fully saturated rings. The zero-order valence-electron chi connectivity index (χ0n) is 7.73. The molecule has 0 aromatic rings. The minimum absolute atomic E-state index is 0.223. The number of amides is 1. The number of halogens is 4. The van der Waals surface area contributed by atoms with Gasteiger partial charge in [-0.2, -0.15) is 5.26 Å². The molecule has 0 saturated heterocycles. The molecule has 84 valence electrons. The SMILES string of the molecule is CC(=O)NC(C#N)(CF)C(F)=CC(F)F. The van der Waals surface area contributed by atoms with Crippen LogP contribution in [0, 0.1) is 11.3 Å². The largest absolute Gasteiger partial charge is 0.330 e. The van der Waals surface area contributed by atoms with E-state index in [0.717, 1.165) is 13.0 Å². The zero-order chi connectivity index (χ0) is 12.1. The van der Waals surface area contributed by atoms with Crippen LogP contribution in [0.4, 0.5) is 17.6 Å². The first kappa shape index (κ1) is 13.4. The minimum Gasteiger partial charge on any atom is -0.330 e. The van der Waals surface area contributed by atoms with Crippen LogP contribution < -0.4 is 5.32 Å². The smallest absolute Gasteiger partial charge is 0.259 e. The molecule has 0 aliphatic rings. The molecule has 1 atom stereocenters. The second-order valence-corrected chi connectivity index (χ2v) is 2.68.